The van der Waals surface area contributed by atoms with Gasteiger partial charge < -0.3 is 20.5 Å². The molecule has 116 valence electrons. The molecule has 1 aromatic carbocycles. The molecule has 1 saturated heterocycles. The van der Waals surface area contributed by atoms with Gasteiger partial charge in [-0.3, -0.25) is 10.3 Å². The molecule has 0 unspecified atom stereocenters. The second-order valence-corrected chi connectivity index (χ2v) is 5.20. The highest BCUT2D eigenvalue weighted by molar-refractivity contribution is 6.00. The van der Waals surface area contributed by atoms with Gasteiger partial charge in [0.05, 0.1) is 19.4 Å². The molecule has 0 bridgehead atoms. The molecule has 6 heteroatoms. The number of hydrogen-bond donors (Lipinski definition) is 3. The Hall–Kier alpha value is -1.79. The molecule has 0 aliphatic carbocycles. The van der Waals surface area contributed by atoms with E-state index in [-0.39, 0.29) is 12.4 Å². The average molecular weight is 292 g/mol. The third-order valence-electron chi connectivity index (χ3n) is 3.84. The van der Waals surface area contributed by atoms with Crippen molar-refractivity contribution in [2.45, 2.75) is 6.42 Å². The van der Waals surface area contributed by atoms with Gasteiger partial charge in [0.15, 0.2) is 0 Å². The summed E-state index contributed by atoms with van der Waals surface area (Å²) < 4.78 is 5.29. The van der Waals surface area contributed by atoms with E-state index in [1.54, 1.807) is 7.11 Å². The number of amidine groups is 1. The number of nitrogens with zero attached hydrogens (tertiary/aromatic N) is 2. The van der Waals surface area contributed by atoms with E-state index in [1.165, 1.54) is 0 Å². The number of rotatable bonds is 5. The number of anilines is 1. The maximum atomic E-state index is 9.06. The van der Waals surface area contributed by atoms with Crippen LogP contribution in [0.25, 0.3) is 0 Å². The molecule has 1 aliphatic heterocycles. The van der Waals surface area contributed by atoms with Crippen LogP contribution in [-0.2, 0) is 0 Å². The predicted molar refractivity (Wildman–Crippen MR) is 84.4 cm³/mol. The smallest absolute Gasteiger partial charge is 0.124 e. The normalized spacial score (nSPS) is 16.6. The number of nitrogens with one attached hydrogen (secondary N) is 1. The van der Waals surface area contributed by atoms with Crippen molar-refractivity contribution in [3.8, 4) is 5.75 Å². The van der Waals surface area contributed by atoms with Crippen LogP contribution in [0.4, 0.5) is 5.69 Å². The zero-order valence-corrected chi connectivity index (χ0v) is 12.5. The Balaban J connectivity index is 2.21. The maximum Gasteiger partial charge on any atom is 0.124 e. The van der Waals surface area contributed by atoms with Crippen molar-refractivity contribution in [2.75, 3.05) is 51.3 Å². The number of ether oxygens (including phenoxy) is 1. The van der Waals surface area contributed by atoms with Gasteiger partial charge in [-0.05, 0) is 25.1 Å². The van der Waals surface area contributed by atoms with E-state index in [2.05, 4.69) is 9.80 Å². The molecular formula is C15H24N4O2. The Bertz CT molecular complexity index is 493. The Morgan fingerprint density at radius 3 is 2.81 bits per heavy atom. The van der Waals surface area contributed by atoms with Gasteiger partial charge in [0.2, 0.25) is 0 Å². The average Bonchev–Trinajstić information content (AvgIpc) is 2.72. The molecule has 1 heterocycles. The summed E-state index contributed by atoms with van der Waals surface area (Å²) in [6.07, 6.45) is 1.02. The summed E-state index contributed by atoms with van der Waals surface area (Å²) in [5.74, 6) is 0.843. The summed E-state index contributed by atoms with van der Waals surface area (Å²) >= 11 is 0. The molecule has 21 heavy (non-hydrogen) atoms. The van der Waals surface area contributed by atoms with Crippen LogP contribution in [0.1, 0.15) is 12.0 Å². The standard InChI is InChI=1S/C15H24N4O2/c1-21-12-3-4-13(15(16)17)14(11-12)19-6-2-5-18(7-8-19)9-10-20/h3-4,11,20H,2,5-10H2,1H3,(H3,16,17). The number of methoxy groups -OCH3 is 1. The molecule has 6 nitrogen and oxygen atoms in total. The monoisotopic (exact) mass is 292 g/mol. The fourth-order valence-corrected chi connectivity index (χ4v) is 2.70. The Morgan fingerprint density at radius 2 is 2.14 bits per heavy atom. The Labute approximate surface area is 125 Å². The van der Waals surface area contributed by atoms with Crippen LogP contribution in [0.2, 0.25) is 0 Å². The lowest BCUT2D eigenvalue weighted by molar-refractivity contribution is 0.204. The molecule has 0 amide bonds. The number of nitrogen functional groups attached to an aromatic ring is 1. The second kappa shape index (κ2) is 7.28. The van der Waals surface area contributed by atoms with Crippen molar-refractivity contribution in [1.29, 1.82) is 5.41 Å². The number of aliphatic hydroxyl groups is 1. The minimum absolute atomic E-state index is 0.0733. The van der Waals surface area contributed by atoms with E-state index >= 15 is 0 Å². The van der Waals surface area contributed by atoms with Crippen LogP contribution in [-0.4, -0.2) is 62.3 Å². The quantitative estimate of drug-likeness (QED) is 0.543. The molecule has 0 saturated carbocycles. The van der Waals surface area contributed by atoms with Gasteiger partial charge >= 0.3 is 0 Å². The van der Waals surface area contributed by atoms with Crippen LogP contribution in [0.15, 0.2) is 18.2 Å². The van der Waals surface area contributed by atoms with Gasteiger partial charge in [0, 0.05) is 37.8 Å². The van der Waals surface area contributed by atoms with Crippen molar-refractivity contribution in [1.82, 2.24) is 4.90 Å². The zero-order valence-electron chi connectivity index (χ0n) is 12.5. The van der Waals surface area contributed by atoms with E-state index in [1.807, 2.05) is 18.2 Å². The minimum Gasteiger partial charge on any atom is -0.497 e. The van der Waals surface area contributed by atoms with E-state index in [0.717, 1.165) is 49.6 Å². The molecule has 2 rings (SSSR count). The van der Waals surface area contributed by atoms with Crippen molar-refractivity contribution in [3.63, 3.8) is 0 Å². The minimum atomic E-state index is 0.0733. The summed E-state index contributed by atoms with van der Waals surface area (Å²) in [6.45, 7) is 4.55. The van der Waals surface area contributed by atoms with Crippen LogP contribution in [0.5, 0.6) is 5.75 Å². The van der Waals surface area contributed by atoms with Crippen LogP contribution in [0.3, 0.4) is 0 Å². The van der Waals surface area contributed by atoms with Gasteiger partial charge in [-0.2, -0.15) is 0 Å². The Morgan fingerprint density at radius 1 is 1.33 bits per heavy atom. The molecule has 0 radical (unpaired) electrons. The number of aliphatic hydroxyl groups excluding tert-OH is 1. The van der Waals surface area contributed by atoms with Crippen LogP contribution < -0.4 is 15.4 Å². The SMILES string of the molecule is COc1ccc(C(=N)N)c(N2CCCN(CCO)CC2)c1. The summed E-state index contributed by atoms with van der Waals surface area (Å²) in [5.41, 5.74) is 7.39. The summed E-state index contributed by atoms with van der Waals surface area (Å²) in [7, 11) is 1.64. The van der Waals surface area contributed by atoms with Crippen molar-refractivity contribution in [3.05, 3.63) is 23.8 Å². The van der Waals surface area contributed by atoms with E-state index in [0.29, 0.717) is 6.54 Å². The molecule has 1 fully saturated rings. The van der Waals surface area contributed by atoms with Crippen molar-refractivity contribution < 1.29 is 9.84 Å². The number of hydrogen-bond acceptors (Lipinski definition) is 5. The lowest BCUT2D eigenvalue weighted by Crippen LogP contribution is -2.33. The first-order valence-electron chi connectivity index (χ1n) is 7.26. The fraction of sp³-hybridized carbons (Fsp3) is 0.533. The summed E-state index contributed by atoms with van der Waals surface area (Å²) in [6, 6.07) is 5.61. The van der Waals surface area contributed by atoms with E-state index in [4.69, 9.17) is 21.0 Å². The first-order valence-corrected chi connectivity index (χ1v) is 7.26. The number of β-amino-alcohol motifs (C(OH)–C–C–N with tert-alkyl or cyclic N) is 1. The maximum absolute atomic E-state index is 9.06. The molecule has 0 spiro atoms. The third-order valence-corrected chi connectivity index (χ3v) is 3.84. The topological polar surface area (TPSA) is 85.8 Å². The van der Waals surface area contributed by atoms with E-state index in [9.17, 15) is 0 Å². The predicted octanol–water partition coefficient (Wildman–Crippen LogP) is 0.484. The first-order chi connectivity index (χ1) is 10.2. The summed E-state index contributed by atoms with van der Waals surface area (Å²) in [4.78, 5) is 4.50. The fourth-order valence-electron chi connectivity index (χ4n) is 2.70. The number of nitrogens with two attached hydrogens (primary N) is 1. The van der Waals surface area contributed by atoms with Crippen LogP contribution >= 0.6 is 0 Å². The Kier molecular flexibility index (Phi) is 5.41. The molecule has 1 aromatic rings. The van der Waals surface area contributed by atoms with Gasteiger partial charge in [0.1, 0.15) is 11.6 Å². The largest absolute Gasteiger partial charge is 0.497 e. The van der Waals surface area contributed by atoms with Gasteiger partial charge in [0.25, 0.3) is 0 Å². The van der Waals surface area contributed by atoms with Gasteiger partial charge in [-0.15, -0.1) is 0 Å². The molecule has 1 aliphatic rings. The second-order valence-electron chi connectivity index (χ2n) is 5.20. The molecular weight excluding hydrogens is 268 g/mol. The van der Waals surface area contributed by atoms with Crippen molar-refractivity contribution in [2.24, 2.45) is 5.73 Å². The van der Waals surface area contributed by atoms with Crippen LogP contribution in [0, 0.1) is 5.41 Å². The highest BCUT2D eigenvalue weighted by atomic mass is 16.5. The van der Waals surface area contributed by atoms with Crippen molar-refractivity contribution >= 4 is 11.5 Å². The lowest BCUT2D eigenvalue weighted by atomic mass is 10.1. The highest BCUT2D eigenvalue weighted by Gasteiger charge is 2.18. The van der Waals surface area contributed by atoms with Gasteiger partial charge in [-0.1, -0.05) is 0 Å². The zero-order chi connectivity index (χ0) is 15.2. The molecule has 0 aromatic heterocycles. The van der Waals surface area contributed by atoms with E-state index < -0.39 is 0 Å². The molecule has 0 atom stereocenters. The summed E-state index contributed by atoms with van der Waals surface area (Å²) in [5, 5.41) is 16.8. The third kappa shape index (κ3) is 3.86. The number of benzene rings is 1. The highest BCUT2D eigenvalue weighted by Crippen LogP contribution is 2.27. The molecule has 4 N–H and O–H groups in total. The van der Waals surface area contributed by atoms with Gasteiger partial charge in [-0.25, -0.2) is 0 Å². The first kappa shape index (κ1) is 15.6. The lowest BCUT2D eigenvalue weighted by Gasteiger charge is -2.26.